The van der Waals surface area contributed by atoms with Crippen molar-refractivity contribution in [3.05, 3.63) is 29.3 Å². The number of nitrogens with two attached hydrogens (primary N) is 1. The molecule has 1 aromatic rings. The highest BCUT2D eigenvalue weighted by Gasteiger charge is 2.22. The fourth-order valence-electron chi connectivity index (χ4n) is 2.78. The van der Waals surface area contributed by atoms with Crippen molar-refractivity contribution in [2.24, 2.45) is 5.73 Å². The van der Waals surface area contributed by atoms with Crippen molar-refractivity contribution in [3.8, 4) is 0 Å². The van der Waals surface area contributed by atoms with Gasteiger partial charge in [0.15, 0.2) is 0 Å². The van der Waals surface area contributed by atoms with E-state index in [1.54, 1.807) is 0 Å². The first-order valence-corrected chi connectivity index (χ1v) is 7.83. The zero-order chi connectivity index (χ0) is 15.4. The largest absolute Gasteiger partial charge is 0.368 e. The maximum absolute atomic E-state index is 12.1. The molecule has 2 rings (SSSR count). The van der Waals surface area contributed by atoms with Gasteiger partial charge in [-0.2, -0.15) is 0 Å². The predicted octanol–water partition coefficient (Wildman–Crippen LogP) is 2.92. The topological polar surface area (TPSA) is 49.6 Å². The number of piperazine rings is 1. The lowest BCUT2D eigenvalue weighted by molar-refractivity contribution is -0.131. The molecule has 0 aliphatic carbocycles. The van der Waals surface area contributed by atoms with Crippen LogP contribution in [-0.2, 0) is 4.79 Å². The Morgan fingerprint density at radius 3 is 2.35 bits per heavy atom. The van der Waals surface area contributed by atoms with Gasteiger partial charge in [-0.1, -0.05) is 12.1 Å². The van der Waals surface area contributed by atoms with Crippen LogP contribution >= 0.6 is 24.8 Å². The van der Waals surface area contributed by atoms with Gasteiger partial charge in [-0.25, -0.2) is 0 Å². The lowest BCUT2D eigenvalue weighted by atomic mass is 10.1. The van der Waals surface area contributed by atoms with E-state index in [-0.39, 0.29) is 36.8 Å². The van der Waals surface area contributed by atoms with Crippen LogP contribution in [0, 0.1) is 13.8 Å². The molecule has 0 radical (unpaired) electrons. The minimum atomic E-state index is 0. The van der Waals surface area contributed by atoms with Crippen LogP contribution in [0.2, 0.25) is 0 Å². The molecule has 2 N–H and O–H groups in total. The number of amides is 1. The molecule has 0 saturated carbocycles. The van der Waals surface area contributed by atoms with Crippen molar-refractivity contribution >= 4 is 36.4 Å². The van der Waals surface area contributed by atoms with E-state index in [1.807, 2.05) is 11.8 Å². The summed E-state index contributed by atoms with van der Waals surface area (Å²) < 4.78 is 0. The summed E-state index contributed by atoms with van der Waals surface area (Å²) in [5.74, 6) is 0.243. The number of hydrogen-bond donors (Lipinski definition) is 1. The number of nitrogens with zero attached hydrogens (tertiary/aromatic N) is 2. The molecule has 132 valence electrons. The molecule has 0 aromatic heterocycles. The van der Waals surface area contributed by atoms with Crippen molar-refractivity contribution in [1.82, 2.24) is 4.90 Å². The summed E-state index contributed by atoms with van der Waals surface area (Å²) in [5.41, 5.74) is 9.69. The molecular weight excluding hydrogens is 333 g/mol. The molecule has 0 spiro atoms. The Hall–Kier alpha value is -0.970. The molecule has 23 heavy (non-hydrogen) atoms. The van der Waals surface area contributed by atoms with Crippen LogP contribution in [0.25, 0.3) is 0 Å². The first-order valence-electron chi connectivity index (χ1n) is 7.83. The van der Waals surface area contributed by atoms with Crippen LogP contribution in [-0.4, -0.2) is 43.0 Å². The van der Waals surface area contributed by atoms with Gasteiger partial charge in [0.05, 0.1) is 0 Å². The van der Waals surface area contributed by atoms with E-state index in [4.69, 9.17) is 5.73 Å². The monoisotopic (exact) mass is 361 g/mol. The second-order valence-corrected chi connectivity index (χ2v) is 6.10. The molecule has 1 unspecified atom stereocenters. The van der Waals surface area contributed by atoms with E-state index in [0.717, 1.165) is 32.6 Å². The lowest BCUT2D eigenvalue weighted by Gasteiger charge is -2.37. The van der Waals surface area contributed by atoms with Gasteiger partial charge in [0, 0.05) is 44.3 Å². The van der Waals surface area contributed by atoms with Crippen LogP contribution in [0.5, 0.6) is 0 Å². The summed E-state index contributed by atoms with van der Waals surface area (Å²) in [6.45, 7) is 9.71. The van der Waals surface area contributed by atoms with E-state index in [9.17, 15) is 4.79 Å². The normalized spacial score (nSPS) is 15.5. The third-order valence-electron chi connectivity index (χ3n) is 4.36. The summed E-state index contributed by atoms with van der Waals surface area (Å²) in [7, 11) is 0. The van der Waals surface area contributed by atoms with Gasteiger partial charge >= 0.3 is 0 Å². The molecule has 6 heteroatoms. The average Bonchev–Trinajstić information content (AvgIpc) is 2.48. The standard InChI is InChI=1S/C17H27N3O.2ClH/c1-13-5-4-6-16(15(13)3)19-9-11-20(12-10-19)17(21)8-7-14(2)18;;/h4-6,14H,7-12,18H2,1-3H3;2*1H. The molecule has 1 atom stereocenters. The maximum atomic E-state index is 12.1. The van der Waals surface area contributed by atoms with Crippen molar-refractivity contribution in [1.29, 1.82) is 0 Å². The number of aryl methyl sites for hydroxylation is 1. The van der Waals surface area contributed by atoms with Crippen molar-refractivity contribution < 1.29 is 4.79 Å². The number of carbonyl (C=O) groups excluding carboxylic acids is 1. The first kappa shape index (κ1) is 22.0. The molecule has 1 amide bonds. The second kappa shape index (κ2) is 10.0. The van der Waals surface area contributed by atoms with Crippen LogP contribution in [0.15, 0.2) is 18.2 Å². The Balaban J connectivity index is 0.00000242. The summed E-state index contributed by atoms with van der Waals surface area (Å²) in [4.78, 5) is 16.5. The molecule has 1 aliphatic rings. The molecule has 1 fully saturated rings. The van der Waals surface area contributed by atoms with Gasteiger partial charge in [0.25, 0.3) is 0 Å². The van der Waals surface area contributed by atoms with Gasteiger partial charge in [0.2, 0.25) is 5.91 Å². The molecule has 1 saturated heterocycles. The molecule has 1 heterocycles. The lowest BCUT2D eigenvalue weighted by Crippen LogP contribution is -2.49. The maximum Gasteiger partial charge on any atom is 0.222 e. The van der Waals surface area contributed by atoms with Gasteiger partial charge in [-0.15, -0.1) is 24.8 Å². The van der Waals surface area contributed by atoms with Crippen molar-refractivity contribution in [3.63, 3.8) is 0 Å². The number of anilines is 1. The smallest absolute Gasteiger partial charge is 0.222 e. The average molecular weight is 362 g/mol. The SMILES string of the molecule is Cc1cccc(N2CCN(C(=O)CCC(C)N)CC2)c1C.Cl.Cl. The Bertz CT molecular complexity index is 501. The van der Waals surface area contributed by atoms with Crippen LogP contribution in [0.1, 0.15) is 30.9 Å². The molecular formula is C17H29Cl2N3O. The third kappa shape index (κ3) is 5.87. The van der Waals surface area contributed by atoms with Gasteiger partial charge in [0.1, 0.15) is 0 Å². The second-order valence-electron chi connectivity index (χ2n) is 6.10. The van der Waals surface area contributed by atoms with Gasteiger partial charge < -0.3 is 15.5 Å². The number of halogens is 2. The van der Waals surface area contributed by atoms with E-state index >= 15 is 0 Å². The first-order chi connectivity index (χ1) is 9.99. The molecule has 1 aromatic carbocycles. The minimum Gasteiger partial charge on any atom is -0.368 e. The number of hydrogen-bond acceptors (Lipinski definition) is 3. The Morgan fingerprint density at radius 2 is 1.78 bits per heavy atom. The highest BCUT2D eigenvalue weighted by atomic mass is 35.5. The van der Waals surface area contributed by atoms with Crippen LogP contribution in [0.4, 0.5) is 5.69 Å². The van der Waals surface area contributed by atoms with Gasteiger partial charge in [-0.05, 0) is 44.4 Å². The number of carbonyl (C=O) groups is 1. The molecule has 1 aliphatic heterocycles. The quantitative estimate of drug-likeness (QED) is 0.896. The highest BCUT2D eigenvalue weighted by molar-refractivity contribution is 5.85. The summed E-state index contributed by atoms with van der Waals surface area (Å²) in [5, 5.41) is 0. The minimum absolute atomic E-state index is 0. The Labute approximate surface area is 152 Å². The van der Waals surface area contributed by atoms with Crippen LogP contribution < -0.4 is 10.6 Å². The summed E-state index contributed by atoms with van der Waals surface area (Å²) in [6, 6.07) is 6.53. The highest BCUT2D eigenvalue weighted by Crippen LogP contribution is 2.24. The fourth-order valence-corrected chi connectivity index (χ4v) is 2.78. The van der Waals surface area contributed by atoms with E-state index in [1.165, 1.54) is 16.8 Å². The number of benzene rings is 1. The molecule has 0 bridgehead atoms. The number of rotatable bonds is 4. The zero-order valence-electron chi connectivity index (χ0n) is 14.2. The Kier molecular flexibility index (Phi) is 9.59. The fraction of sp³-hybridized carbons (Fsp3) is 0.588. The van der Waals surface area contributed by atoms with E-state index in [0.29, 0.717) is 6.42 Å². The third-order valence-corrected chi connectivity index (χ3v) is 4.36. The predicted molar refractivity (Wildman–Crippen MR) is 102 cm³/mol. The van der Waals surface area contributed by atoms with E-state index < -0.39 is 0 Å². The van der Waals surface area contributed by atoms with Crippen molar-refractivity contribution in [2.75, 3.05) is 31.1 Å². The van der Waals surface area contributed by atoms with E-state index in [2.05, 4.69) is 36.9 Å². The summed E-state index contributed by atoms with van der Waals surface area (Å²) in [6.07, 6.45) is 1.34. The van der Waals surface area contributed by atoms with Crippen LogP contribution in [0.3, 0.4) is 0 Å². The summed E-state index contributed by atoms with van der Waals surface area (Å²) >= 11 is 0. The molecule has 4 nitrogen and oxygen atoms in total. The van der Waals surface area contributed by atoms with Gasteiger partial charge in [-0.3, -0.25) is 4.79 Å². The van der Waals surface area contributed by atoms with Crippen molar-refractivity contribution in [2.45, 2.75) is 39.7 Å². The Morgan fingerprint density at radius 1 is 1.17 bits per heavy atom. The zero-order valence-corrected chi connectivity index (χ0v) is 15.9.